The maximum Gasteiger partial charge on any atom is 0.408 e. The number of alkyl halides is 3. The average Bonchev–Trinajstić information content (AvgIpc) is 2.61. The van der Waals surface area contributed by atoms with Crippen molar-refractivity contribution in [3.8, 4) is 11.5 Å². The van der Waals surface area contributed by atoms with Crippen LogP contribution in [0.2, 0.25) is 5.15 Å². The number of nitrogens with zero attached hydrogens (tertiary/aromatic N) is 4. The van der Waals surface area contributed by atoms with Gasteiger partial charge in [-0.3, -0.25) is 0 Å². The lowest BCUT2D eigenvalue weighted by Crippen LogP contribution is -2.34. The van der Waals surface area contributed by atoms with Crippen molar-refractivity contribution in [1.82, 2.24) is 19.9 Å². The maximum absolute atomic E-state index is 13.5. The van der Waals surface area contributed by atoms with E-state index < -0.39 is 66.6 Å². The molecule has 2 atom stereocenters. The molecule has 0 fully saturated rings. The molecule has 0 aromatic carbocycles. The molecule has 0 spiro atoms. The number of aromatic nitrogens is 4. The summed E-state index contributed by atoms with van der Waals surface area (Å²) in [7, 11) is 0. The first-order valence-electron chi connectivity index (χ1n) is 10.8. The molecular weight excluding hydrogens is 345 g/mol. The van der Waals surface area contributed by atoms with Gasteiger partial charge in [0, 0.05) is 14.3 Å². The molecule has 0 radical (unpaired) electrons. The minimum atomic E-state index is -5.61. The third-order valence-corrected chi connectivity index (χ3v) is 2.52. The van der Waals surface area contributed by atoms with Crippen LogP contribution in [0.15, 0.2) is 18.2 Å². The zero-order chi connectivity index (χ0) is 25.6. The van der Waals surface area contributed by atoms with Crippen molar-refractivity contribution in [3.05, 3.63) is 23.3 Å². The lowest BCUT2D eigenvalue weighted by molar-refractivity contribution is -0.138. The predicted molar refractivity (Wildman–Crippen MR) is 86.0 cm³/mol. The van der Waals surface area contributed by atoms with Gasteiger partial charge in [-0.05, 0) is 32.7 Å². The summed E-state index contributed by atoms with van der Waals surface area (Å²) >= 11 is 5.77. The number of pyridine rings is 1. The van der Waals surface area contributed by atoms with E-state index in [0.29, 0.717) is 0 Å². The van der Waals surface area contributed by atoms with Gasteiger partial charge in [0.15, 0.2) is 5.82 Å². The second kappa shape index (κ2) is 7.16. The lowest BCUT2D eigenvalue weighted by atomic mass is 10.3. The van der Waals surface area contributed by atoms with Gasteiger partial charge in [-0.1, -0.05) is 17.7 Å². The van der Waals surface area contributed by atoms with Crippen LogP contribution in [0.25, 0.3) is 11.5 Å². The average molecular weight is 370 g/mol. The van der Waals surface area contributed by atoms with Gasteiger partial charge in [0.2, 0.25) is 11.9 Å². The largest absolute Gasteiger partial charge is 0.408 e. The number of hydrogen-bond donors (Lipinski definition) is 2. The van der Waals surface area contributed by atoms with E-state index in [9.17, 15) is 13.2 Å². The Morgan fingerprint density at radius 3 is 2.50 bits per heavy atom. The molecule has 6 nitrogen and oxygen atoms in total. The van der Waals surface area contributed by atoms with E-state index in [1.165, 1.54) is 12.2 Å². The normalized spacial score (nSPS) is 22.0. The summed E-state index contributed by atoms with van der Waals surface area (Å²) in [5.41, 5.74) is -0.414. The van der Waals surface area contributed by atoms with Gasteiger partial charge in [-0.25, -0.2) is 4.98 Å². The predicted octanol–water partition coefficient (Wildman–Crippen LogP) is 3.77. The smallest absolute Gasteiger partial charge is 0.352 e. The van der Waals surface area contributed by atoms with Gasteiger partial charge in [-0.15, -0.1) is 0 Å². The summed E-state index contributed by atoms with van der Waals surface area (Å²) in [6.45, 7) is -5.30. The Hall–Kier alpha value is -2.16. The van der Waals surface area contributed by atoms with Gasteiger partial charge in [-0.2, -0.15) is 28.1 Å². The zero-order valence-corrected chi connectivity index (χ0v) is 12.7. The lowest BCUT2D eigenvalue weighted by Gasteiger charge is -2.18. The van der Waals surface area contributed by atoms with Crippen LogP contribution in [-0.2, 0) is 0 Å². The second-order valence-electron chi connectivity index (χ2n) is 4.35. The highest BCUT2D eigenvalue weighted by Gasteiger charge is 2.36. The monoisotopic (exact) mass is 369 g/mol. The van der Waals surface area contributed by atoms with Crippen LogP contribution in [0.4, 0.5) is 25.1 Å². The van der Waals surface area contributed by atoms with E-state index in [2.05, 4.69) is 25.3 Å². The van der Waals surface area contributed by atoms with E-state index in [0.717, 1.165) is 6.07 Å². The van der Waals surface area contributed by atoms with Crippen LogP contribution < -0.4 is 10.6 Å². The fourth-order valence-corrected chi connectivity index (χ4v) is 1.56. The summed E-state index contributed by atoms with van der Waals surface area (Å²) in [6.07, 6.45) is -5.61. The van der Waals surface area contributed by atoms with Gasteiger partial charge in [0.05, 0.1) is 4.11 Å². The minimum absolute atomic E-state index is 0.336. The highest BCUT2D eigenvalue weighted by atomic mass is 35.5. The van der Waals surface area contributed by atoms with E-state index in [1.807, 2.05) is 0 Å². The Balaban J connectivity index is 2.69. The van der Waals surface area contributed by atoms with Crippen LogP contribution in [-0.4, -0.2) is 38.2 Å². The molecule has 0 aliphatic rings. The summed E-state index contributed by atoms with van der Waals surface area (Å²) < 4.78 is 107. The molecule has 0 aliphatic carbocycles. The van der Waals surface area contributed by atoms with Crippen LogP contribution in [0.3, 0.4) is 0 Å². The van der Waals surface area contributed by atoms with Crippen molar-refractivity contribution in [2.24, 2.45) is 0 Å². The highest BCUT2D eigenvalue weighted by Crippen LogP contribution is 2.24. The van der Waals surface area contributed by atoms with Crippen LogP contribution in [0, 0.1) is 0 Å². The molecule has 0 amide bonds. The van der Waals surface area contributed by atoms with E-state index in [4.69, 9.17) is 23.9 Å². The molecule has 2 heterocycles. The Morgan fingerprint density at radius 1 is 1.17 bits per heavy atom. The third-order valence-electron chi connectivity index (χ3n) is 2.32. The molecule has 0 unspecified atom stereocenters. The topological polar surface area (TPSA) is 75.6 Å². The molecule has 2 aromatic rings. The summed E-state index contributed by atoms with van der Waals surface area (Å²) in [5, 5.41) is 3.36. The standard InChI is InChI=1S/C14H16ClF3N6/c1-7(2)19-12-22-11(9-5-4-6-10(15)21-9)23-13(24-12)20-8(3)14(16,17)18/h4-8H,1-3H3,(H2,19,20,22,23,24)/t8-/m1/s1/i1D3,3D3,5D,6D,8D/t7-,8-. The van der Waals surface area contributed by atoms with Crippen molar-refractivity contribution in [2.75, 3.05) is 10.6 Å². The number of hydrogen-bond acceptors (Lipinski definition) is 6. The molecule has 10 heteroatoms. The number of halogens is 4. The van der Waals surface area contributed by atoms with Gasteiger partial charge in [0.1, 0.15) is 16.9 Å². The molecule has 0 aliphatic heterocycles. The highest BCUT2D eigenvalue weighted by molar-refractivity contribution is 6.29. The maximum atomic E-state index is 13.5. The summed E-state index contributed by atoms with van der Waals surface area (Å²) in [5.74, 6) is -2.25. The third kappa shape index (κ3) is 4.92. The number of rotatable bonds is 5. The van der Waals surface area contributed by atoms with Crippen LogP contribution >= 0.6 is 11.6 Å². The minimum Gasteiger partial charge on any atom is -0.352 e. The van der Waals surface area contributed by atoms with Crippen LogP contribution in [0.1, 0.15) is 33.0 Å². The van der Waals surface area contributed by atoms with Crippen molar-refractivity contribution in [1.29, 1.82) is 0 Å². The van der Waals surface area contributed by atoms with E-state index in [-0.39, 0.29) is 6.04 Å². The zero-order valence-electron chi connectivity index (χ0n) is 21.0. The molecule has 0 saturated carbocycles. The Kier molecular flexibility index (Phi) is 2.79. The van der Waals surface area contributed by atoms with Gasteiger partial charge < -0.3 is 10.6 Å². The molecule has 24 heavy (non-hydrogen) atoms. The summed E-state index contributed by atoms with van der Waals surface area (Å²) in [4.78, 5) is 14.8. The first-order chi connectivity index (χ1) is 14.8. The molecular formula is C14H16ClF3N6. The Labute approximate surface area is 154 Å². The molecule has 2 aromatic heterocycles. The van der Waals surface area contributed by atoms with Gasteiger partial charge in [0.25, 0.3) is 0 Å². The quantitative estimate of drug-likeness (QED) is 0.781. The fourth-order valence-electron chi connectivity index (χ4n) is 1.42. The van der Waals surface area contributed by atoms with Crippen molar-refractivity contribution in [3.63, 3.8) is 0 Å². The Bertz CT molecular complexity index is 1020. The molecule has 2 N–H and O–H groups in total. The SMILES string of the molecule is [2H]c1cc([2H])c(-c2nc(N[C@@H](C)C([2H])([2H])[2H])nc(N[C@]([2H])(C([2H])([2H])[2H])C(F)(F)F)n2)nc1Cl. The number of nitrogens with one attached hydrogen (secondary N) is 2. The number of anilines is 2. The second-order valence-corrected chi connectivity index (χ2v) is 4.71. The molecule has 130 valence electrons. The first-order valence-corrected chi connectivity index (χ1v) is 6.65. The van der Waals surface area contributed by atoms with Gasteiger partial charge >= 0.3 is 6.18 Å². The van der Waals surface area contributed by atoms with Crippen molar-refractivity contribution in [2.45, 2.75) is 38.9 Å². The van der Waals surface area contributed by atoms with E-state index in [1.54, 1.807) is 0 Å². The van der Waals surface area contributed by atoms with Crippen molar-refractivity contribution >= 4 is 23.5 Å². The van der Waals surface area contributed by atoms with Crippen LogP contribution in [0.5, 0.6) is 0 Å². The summed E-state index contributed by atoms with van der Waals surface area (Å²) in [6, 6.07) is -5.40. The van der Waals surface area contributed by atoms with Crippen molar-refractivity contribution < 1.29 is 25.5 Å². The fraction of sp³-hybridized carbons (Fsp3) is 0.429. The molecule has 0 bridgehead atoms. The Morgan fingerprint density at radius 2 is 1.88 bits per heavy atom. The molecule has 2 rings (SSSR count). The molecule has 0 saturated heterocycles. The van der Waals surface area contributed by atoms with E-state index >= 15 is 0 Å². The first kappa shape index (κ1) is 9.36.